The van der Waals surface area contributed by atoms with Gasteiger partial charge in [0.05, 0.1) is 11.4 Å². The number of nitrogens with zero attached hydrogens (tertiary/aromatic N) is 2. The highest BCUT2D eigenvalue weighted by atomic mass is 32.1. The molecule has 0 atom stereocenters. The van der Waals surface area contributed by atoms with Crippen LogP contribution in [0.25, 0.3) is 0 Å². The van der Waals surface area contributed by atoms with Crippen molar-refractivity contribution in [2.75, 3.05) is 5.75 Å². The maximum atomic E-state index is 4.38. The molecule has 0 saturated heterocycles. The number of azo groups is 1. The van der Waals surface area contributed by atoms with Crippen molar-refractivity contribution in [3.8, 4) is 0 Å². The summed E-state index contributed by atoms with van der Waals surface area (Å²) >= 11 is 4.26. The normalized spacial score (nSPS) is 11.4. The fourth-order valence-electron chi connectivity index (χ4n) is 3.30. The maximum Gasteiger partial charge on any atom is 0.0857 e. The second-order valence-electron chi connectivity index (χ2n) is 7.58. The third-order valence-electron chi connectivity index (χ3n) is 5.10. The molecule has 0 unspecified atom stereocenters. The van der Waals surface area contributed by atoms with Crippen LogP contribution in [0.4, 0.5) is 11.4 Å². The van der Waals surface area contributed by atoms with E-state index >= 15 is 0 Å². The van der Waals surface area contributed by atoms with E-state index in [1.54, 1.807) is 0 Å². The molecule has 0 spiro atoms. The highest BCUT2D eigenvalue weighted by Crippen LogP contribution is 2.20. The molecule has 2 rings (SSSR count). The molecule has 0 aliphatic heterocycles. The molecule has 152 valence electrons. The molecule has 0 heterocycles. The fourth-order valence-corrected chi connectivity index (χ4v) is 3.52. The van der Waals surface area contributed by atoms with Gasteiger partial charge in [0.15, 0.2) is 0 Å². The molecule has 3 heteroatoms. The smallest absolute Gasteiger partial charge is 0.0857 e. The number of benzene rings is 2. The fraction of sp³-hybridized carbons (Fsp3) is 0.520. The van der Waals surface area contributed by atoms with E-state index in [9.17, 15) is 0 Å². The van der Waals surface area contributed by atoms with Crippen LogP contribution in [-0.2, 0) is 12.8 Å². The number of hydrogen-bond donors (Lipinski definition) is 1. The van der Waals surface area contributed by atoms with E-state index in [-0.39, 0.29) is 0 Å². The minimum atomic E-state index is 0.912. The van der Waals surface area contributed by atoms with E-state index < -0.39 is 0 Å². The predicted molar refractivity (Wildman–Crippen MR) is 126 cm³/mol. The standard InChI is InChI=1S/C25H36N2S/c1-2-3-4-5-6-8-11-22-13-17-24(18-14-22)26-27-25-19-15-23(16-20-25)12-9-7-10-21-28/h13-20,28H,2-12,21H2,1H3. The van der Waals surface area contributed by atoms with Gasteiger partial charge in [0, 0.05) is 0 Å². The van der Waals surface area contributed by atoms with Crippen molar-refractivity contribution in [1.29, 1.82) is 0 Å². The molecule has 28 heavy (non-hydrogen) atoms. The van der Waals surface area contributed by atoms with Crippen LogP contribution >= 0.6 is 12.6 Å². The summed E-state index contributed by atoms with van der Waals surface area (Å²) in [5.41, 5.74) is 4.60. The Morgan fingerprint density at radius 2 is 1.00 bits per heavy atom. The average molecular weight is 397 g/mol. The number of rotatable bonds is 14. The van der Waals surface area contributed by atoms with Gasteiger partial charge >= 0.3 is 0 Å². The Hall–Kier alpha value is -1.61. The van der Waals surface area contributed by atoms with Gasteiger partial charge in [0.2, 0.25) is 0 Å². The van der Waals surface area contributed by atoms with Crippen LogP contribution in [0.3, 0.4) is 0 Å². The lowest BCUT2D eigenvalue weighted by Crippen LogP contribution is -1.86. The summed E-state index contributed by atoms with van der Waals surface area (Å²) < 4.78 is 0. The molecular formula is C25H36N2S. The average Bonchev–Trinajstić information content (AvgIpc) is 2.74. The molecule has 2 aromatic carbocycles. The van der Waals surface area contributed by atoms with E-state index in [0.717, 1.165) is 23.5 Å². The SMILES string of the molecule is CCCCCCCCc1ccc(N=Nc2ccc(CCCCCS)cc2)cc1. The first-order valence-corrected chi connectivity index (χ1v) is 11.7. The number of hydrogen-bond acceptors (Lipinski definition) is 3. The Morgan fingerprint density at radius 3 is 1.46 bits per heavy atom. The van der Waals surface area contributed by atoms with Gasteiger partial charge in [0.25, 0.3) is 0 Å². The Balaban J connectivity index is 1.73. The number of aryl methyl sites for hydroxylation is 2. The van der Waals surface area contributed by atoms with E-state index in [4.69, 9.17) is 0 Å². The molecule has 0 aliphatic rings. The molecule has 0 radical (unpaired) electrons. The van der Waals surface area contributed by atoms with Crippen LogP contribution in [0.5, 0.6) is 0 Å². The Labute approximate surface area is 177 Å². The minimum Gasteiger partial charge on any atom is -0.179 e. The minimum absolute atomic E-state index is 0.912. The molecule has 0 fully saturated rings. The van der Waals surface area contributed by atoms with Gasteiger partial charge in [-0.2, -0.15) is 22.9 Å². The number of thiol groups is 1. The number of unbranched alkanes of at least 4 members (excludes halogenated alkanes) is 7. The lowest BCUT2D eigenvalue weighted by Gasteiger charge is -2.03. The van der Waals surface area contributed by atoms with Crippen molar-refractivity contribution < 1.29 is 0 Å². The van der Waals surface area contributed by atoms with Crippen molar-refractivity contribution in [2.45, 2.75) is 77.6 Å². The molecular weight excluding hydrogens is 360 g/mol. The van der Waals surface area contributed by atoms with Crippen LogP contribution in [0.1, 0.15) is 75.8 Å². The van der Waals surface area contributed by atoms with Crippen LogP contribution < -0.4 is 0 Å². The summed E-state index contributed by atoms with van der Waals surface area (Å²) in [6.45, 7) is 2.27. The first kappa shape index (κ1) is 22.7. The molecule has 0 aliphatic carbocycles. The predicted octanol–water partition coefficient (Wildman–Crippen LogP) is 8.65. The summed E-state index contributed by atoms with van der Waals surface area (Å²) in [7, 11) is 0. The molecule has 2 nitrogen and oxygen atoms in total. The summed E-state index contributed by atoms with van der Waals surface area (Å²) in [4.78, 5) is 0. The van der Waals surface area contributed by atoms with Gasteiger partial charge in [-0.25, -0.2) is 0 Å². The van der Waals surface area contributed by atoms with Gasteiger partial charge in [-0.05, 0) is 73.2 Å². The van der Waals surface area contributed by atoms with Gasteiger partial charge in [0.1, 0.15) is 0 Å². The summed E-state index contributed by atoms with van der Waals surface area (Å²) in [5, 5.41) is 8.76. The van der Waals surface area contributed by atoms with Crippen LogP contribution in [-0.4, -0.2) is 5.75 Å². The van der Waals surface area contributed by atoms with Crippen molar-refractivity contribution in [2.24, 2.45) is 10.2 Å². The molecule has 0 N–H and O–H groups in total. The van der Waals surface area contributed by atoms with Gasteiger partial charge in [-0.1, -0.05) is 69.7 Å². The first-order valence-electron chi connectivity index (χ1n) is 11.0. The zero-order chi connectivity index (χ0) is 19.9. The highest BCUT2D eigenvalue weighted by molar-refractivity contribution is 7.80. The van der Waals surface area contributed by atoms with Crippen LogP contribution in [0.2, 0.25) is 0 Å². The molecule has 0 aromatic heterocycles. The topological polar surface area (TPSA) is 24.7 Å². The third-order valence-corrected chi connectivity index (χ3v) is 5.41. The third kappa shape index (κ3) is 9.54. The second-order valence-corrected chi connectivity index (χ2v) is 8.03. The molecule has 0 bridgehead atoms. The molecule has 2 aromatic rings. The van der Waals surface area contributed by atoms with E-state index in [0.29, 0.717) is 0 Å². The lowest BCUT2D eigenvalue weighted by atomic mass is 10.0. The Morgan fingerprint density at radius 1 is 0.571 bits per heavy atom. The van der Waals surface area contributed by atoms with Gasteiger partial charge in [-0.15, -0.1) is 0 Å². The Kier molecular flexibility index (Phi) is 11.7. The zero-order valence-corrected chi connectivity index (χ0v) is 18.3. The van der Waals surface area contributed by atoms with Crippen molar-refractivity contribution in [1.82, 2.24) is 0 Å². The summed E-state index contributed by atoms with van der Waals surface area (Å²) in [5.74, 6) is 0.985. The largest absolute Gasteiger partial charge is 0.179 e. The lowest BCUT2D eigenvalue weighted by molar-refractivity contribution is 0.607. The maximum absolute atomic E-state index is 4.38. The van der Waals surface area contributed by atoms with Crippen molar-refractivity contribution in [3.05, 3.63) is 59.7 Å². The van der Waals surface area contributed by atoms with Gasteiger partial charge in [-0.3, -0.25) is 0 Å². The molecule has 0 saturated carbocycles. The quantitative estimate of drug-likeness (QED) is 0.188. The molecule has 0 amide bonds. The van der Waals surface area contributed by atoms with Crippen molar-refractivity contribution >= 4 is 24.0 Å². The van der Waals surface area contributed by atoms with E-state index in [2.05, 4.69) is 78.3 Å². The summed E-state index contributed by atoms with van der Waals surface area (Å²) in [6, 6.07) is 17.0. The zero-order valence-electron chi connectivity index (χ0n) is 17.4. The van der Waals surface area contributed by atoms with E-state index in [1.807, 2.05) is 0 Å². The summed E-state index contributed by atoms with van der Waals surface area (Å²) in [6.07, 6.45) is 14.0. The van der Waals surface area contributed by atoms with Crippen LogP contribution in [0, 0.1) is 0 Å². The monoisotopic (exact) mass is 396 g/mol. The first-order chi connectivity index (χ1) is 13.8. The Bertz CT molecular complexity index is 662. The second kappa shape index (κ2) is 14.4. The highest BCUT2D eigenvalue weighted by Gasteiger charge is 1.97. The van der Waals surface area contributed by atoms with Crippen molar-refractivity contribution in [3.63, 3.8) is 0 Å². The van der Waals surface area contributed by atoms with Crippen LogP contribution in [0.15, 0.2) is 58.8 Å². The van der Waals surface area contributed by atoms with E-state index in [1.165, 1.54) is 75.3 Å². The van der Waals surface area contributed by atoms with Gasteiger partial charge < -0.3 is 0 Å².